The molecule has 1 N–H and O–H groups in total. The Morgan fingerprint density at radius 2 is 1.89 bits per heavy atom. The van der Waals surface area contributed by atoms with Crippen molar-refractivity contribution in [3.05, 3.63) is 53.7 Å². The van der Waals surface area contributed by atoms with Gasteiger partial charge in [0, 0.05) is 25.8 Å². The maximum atomic E-state index is 13.3. The number of benzene rings is 1. The molecule has 1 aromatic carbocycles. The van der Waals surface area contributed by atoms with Crippen molar-refractivity contribution in [2.24, 2.45) is 0 Å². The summed E-state index contributed by atoms with van der Waals surface area (Å²) >= 11 is 0. The van der Waals surface area contributed by atoms with Crippen molar-refractivity contribution in [3.8, 4) is 5.88 Å². The van der Waals surface area contributed by atoms with Crippen LogP contribution in [0.1, 0.15) is 24.0 Å². The van der Waals surface area contributed by atoms with Crippen molar-refractivity contribution in [1.82, 2.24) is 9.88 Å². The van der Waals surface area contributed by atoms with Crippen LogP contribution in [0.2, 0.25) is 0 Å². The zero-order valence-corrected chi connectivity index (χ0v) is 16.9. The number of nitrogens with zero attached hydrogens (tertiary/aromatic N) is 2. The van der Waals surface area contributed by atoms with Crippen molar-refractivity contribution in [3.63, 3.8) is 0 Å². The number of ether oxygens (including phenoxy) is 2. The third-order valence-electron chi connectivity index (χ3n) is 5.17. The normalized spacial score (nSPS) is 16.0. The number of likely N-dealkylation sites (N-methyl/N-ethyl adjacent to an activating group) is 1. The van der Waals surface area contributed by atoms with Crippen LogP contribution in [0, 0.1) is 6.92 Å². The van der Waals surface area contributed by atoms with Crippen LogP contribution in [0.15, 0.2) is 42.6 Å². The number of hydrogen-bond acceptors (Lipinski definition) is 5. The summed E-state index contributed by atoms with van der Waals surface area (Å²) in [5, 5.41) is 3.05. The minimum Gasteiger partial charge on any atom is -0.476 e. The average Bonchev–Trinajstić information content (AvgIpc) is 2.70. The number of carbonyl (C=O) groups is 1. The Morgan fingerprint density at radius 1 is 1.18 bits per heavy atom. The van der Waals surface area contributed by atoms with E-state index in [1.165, 1.54) is 5.56 Å². The van der Waals surface area contributed by atoms with Gasteiger partial charge in [0.15, 0.2) is 0 Å². The lowest BCUT2D eigenvalue weighted by Crippen LogP contribution is -2.44. The summed E-state index contributed by atoms with van der Waals surface area (Å²) in [7, 11) is 3.99. The molecule has 2 aromatic rings. The van der Waals surface area contributed by atoms with E-state index in [0.29, 0.717) is 44.2 Å². The molecule has 1 saturated heterocycles. The van der Waals surface area contributed by atoms with Crippen LogP contribution in [0.4, 0.5) is 5.69 Å². The van der Waals surface area contributed by atoms with Gasteiger partial charge in [-0.2, -0.15) is 0 Å². The van der Waals surface area contributed by atoms with Crippen molar-refractivity contribution in [2.45, 2.75) is 25.2 Å². The van der Waals surface area contributed by atoms with Crippen LogP contribution in [0.3, 0.4) is 0 Å². The number of nitrogens with one attached hydrogen (secondary N) is 1. The van der Waals surface area contributed by atoms with E-state index in [4.69, 9.17) is 9.47 Å². The van der Waals surface area contributed by atoms with Gasteiger partial charge < -0.3 is 19.7 Å². The van der Waals surface area contributed by atoms with Crippen LogP contribution < -0.4 is 10.1 Å². The standard InChI is InChI=1S/C22H29N3O3/c1-17-4-6-18(7-5-17)22(10-13-27-14-11-22)21(26)24-19-8-9-20(23-16-19)28-15-12-25(2)3/h4-9,16H,10-15H2,1-3H3,(H,24,26). The predicted octanol–water partition coefficient (Wildman–Crippen LogP) is 3.02. The molecule has 6 nitrogen and oxygen atoms in total. The van der Waals surface area contributed by atoms with Crippen molar-refractivity contribution < 1.29 is 14.3 Å². The summed E-state index contributed by atoms with van der Waals surface area (Å²) in [6.45, 7) is 4.61. The molecule has 0 atom stereocenters. The number of aryl methyl sites for hydroxylation is 1. The zero-order chi connectivity index (χ0) is 20.0. The molecule has 0 unspecified atom stereocenters. The molecular weight excluding hydrogens is 354 g/mol. The molecule has 150 valence electrons. The van der Waals surface area contributed by atoms with Crippen LogP contribution in [-0.4, -0.2) is 56.3 Å². The first kappa shape index (κ1) is 20.3. The highest BCUT2D eigenvalue weighted by molar-refractivity contribution is 5.99. The van der Waals surface area contributed by atoms with Crippen molar-refractivity contribution in [1.29, 1.82) is 0 Å². The van der Waals surface area contributed by atoms with Gasteiger partial charge in [-0.15, -0.1) is 0 Å². The van der Waals surface area contributed by atoms with E-state index < -0.39 is 5.41 Å². The minimum atomic E-state index is -0.577. The summed E-state index contributed by atoms with van der Waals surface area (Å²) in [6.07, 6.45) is 2.98. The highest BCUT2D eigenvalue weighted by Gasteiger charge is 2.41. The van der Waals surface area contributed by atoms with E-state index in [1.807, 2.05) is 32.0 Å². The highest BCUT2D eigenvalue weighted by Crippen LogP contribution is 2.36. The summed E-state index contributed by atoms with van der Waals surface area (Å²) in [5.74, 6) is 0.543. The summed E-state index contributed by atoms with van der Waals surface area (Å²) in [4.78, 5) is 19.6. The maximum Gasteiger partial charge on any atom is 0.235 e. The van der Waals surface area contributed by atoms with Gasteiger partial charge in [0.05, 0.1) is 17.3 Å². The molecule has 0 spiro atoms. The van der Waals surface area contributed by atoms with Crippen LogP contribution in [0.25, 0.3) is 0 Å². The van der Waals surface area contributed by atoms with Gasteiger partial charge in [-0.05, 0) is 45.5 Å². The van der Waals surface area contributed by atoms with Gasteiger partial charge in [0.2, 0.25) is 11.8 Å². The molecule has 3 rings (SSSR count). The van der Waals surface area contributed by atoms with E-state index in [1.54, 1.807) is 12.3 Å². The molecular formula is C22H29N3O3. The Balaban J connectivity index is 1.71. The fourth-order valence-corrected chi connectivity index (χ4v) is 3.36. The lowest BCUT2D eigenvalue weighted by molar-refractivity contribution is -0.125. The molecule has 1 aromatic heterocycles. The molecule has 6 heteroatoms. The summed E-state index contributed by atoms with van der Waals surface area (Å²) in [5.41, 5.74) is 2.31. The molecule has 0 aliphatic carbocycles. The monoisotopic (exact) mass is 383 g/mol. The second kappa shape index (κ2) is 9.17. The Bertz CT molecular complexity index is 767. The van der Waals surface area contributed by atoms with E-state index in [2.05, 4.69) is 34.6 Å². The number of anilines is 1. The number of pyridine rings is 1. The fourth-order valence-electron chi connectivity index (χ4n) is 3.36. The third-order valence-corrected chi connectivity index (χ3v) is 5.17. The predicted molar refractivity (Wildman–Crippen MR) is 110 cm³/mol. The first-order valence-electron chi connectivity index (χ1n) is 9.69. The van der Waals surface area contributed by atoms with Gasteiger partial charge in [0.25, 0.3) is 0 Å². The molecule has 28 heavy (non-hydrogen) atoms. The smallest absolute Gasteiger partial charge is 0.235 e. The highest BCUT2D eigenvalue weighted by atomic mass is 16.5. The first-order chi connectivity index (χ1) is 13.5. The van der Waals surface area contributed by atoms with Crippen LogP contribution in [0.5, 0.6) is 5.88 Å². The maximum absolute atomic E-state index is 13.3. The zero-order valence-electron chi connectivity index (χ0n) is 16.9. The summed E-state index contributed by atoms with van der Waals surface area (Å²) in [6, 6.07) is 11.8. The topological polar surface area (TPSA) is 63.7 Å². The van der Waals surface area contributed by atoms with Crippen LogP contribution in [-0.2, 0) is 14.9 Å². The average molecular weight is 383 g/mol. The molecule has 1 aliphatic heterocycles. The number of carbonyl (C=O) groups excluding carboxylic acids is 1. The second-order valence-corrected chi connectivity index (χ2v) is 7.55. The SMILES string of the molecule is Cc1ccc(C2(C(=O)Nc3ccc(OCCN(C)C)nc3)CCOCC2)cc1. The van der Waals surface area contributed by atoms with E-state index in [-0.39, 0.29) is 5.91 Å². The Labute approximate surface area is 166 Å². The number of amides is 1. The minimum absolute atomic E-state index is 0.0114. The second-order valence-electron chi connectivity index (χ2n) is 7.55. The van der Waals surface area contributed by atoms with Crippen molar-refractivity contribution >= 4 is 11.6 Å². The molecule has 1 aliphatic rings. The molecule has 2 heterocycles. The van der Waals surface area contributed by atoms with Gasteiger partial charge in [-0.3, -0.25) is 4.79 Å². The molecule has 0 bridgehead atoms. The lowest BCUT2D eigenvalue weighted by Gasteiger charge is -2.36. The number of aromatic nitrogens is 1. The molecule has 1 amide bonds. The van der Waals surface area contributed by atoms with Gasteiger partial charge in [0.1, 0.15) is 6.61 Å². The Morgan fingerprint density at radius 3 is 2.50 bits per heavy atom. The van der Waals surface area contributed by atoms with Crippen molar-refractivity contribution in [2.75, 3.05) is 45.8 Å². The van der Waals surface area contributed by atoms with Gasteiger partial charge >= 0.3 is 0 Å². The Hall–Kier alpha value is -2.44. The fraction of sp³-hybridized carbons (Fsp3) is 0.455. The summed E-state index contributed by atoms with van der Waals surface area (Å²) < 4.78 is 11.1. The number of rotatable bonds is 7. The molecule has 0 saturated carbocycles. The quantitative estimate of drug-likeness (QED) is 0.796. The van der Waals surface area contributed by atoms with Gasteiger partial charge in [-0.1, -0.05) is 29.8 Å². The Kier molecular flexibility index (Phi) is 6.65. The lowest BCUT2D eigenvalue weighted by atomic mass is 9.73. The molecule has 1 fully saturated rings. The first-order valence-corrected chi connectivity index (χ1v) is 9.69. The largest absolute Gasteiger partial charge is 0.476 e. The third kappa shape index (κ3) is 4.88. The van der Waals surface area contributed by atoms with Gasteiger partial charge in [-0.25, -0.2) is 4.98 Å². The number of hydrogen-bond donors (Lipinski definition) is 1. The van der Waals surface area contributed by atoms with E-state index >= 15 is 0 Å². The molecule has 0 radical (unpaired) electrons. The van der Waals surface area contributed by atoms with Crippen LogP contribution >= 0.6 is 0 Å². The van der Waals surface area contributed by atoms with E-state index in [0.717, 1.165) is 12.1 Å². The van der Waals surface area contributed by atoms with E-state index in [9.17, 15) is 4.79 Å².